The van der Waals surface area contributed by atoms with Crippen molar-refractivity contribution in [3.8, 4) is 0 Å². The number of esters is 1. The summed E-state index contributed by atoms with van der Waals surface area (Å²) >= 11 is 0.786. The van der Waals surface area contributed by atoms with Crippen LogP contribution in [0.5, 0.6) is 0 Å². The van der Waals surface area contributed by atoms with Gasteiger partial charge >= 0.3 is 5.97 Å². The molecule has 1 aliphatic rings. The lowest BCUT2D eigenvalue weighted by atomic mass is 9.96. The van der Waals surface area contributed by atoms with Crippen LogP contribution in [0.3, 0.4) is 0 Å². The van der Waals surface area contributed by atoms with Gasteiger partial charge in [-0.3, -0.25) is 0 Å². The second kappa shape index (κ2) is 7.17. The van der Waals surface area contributed by atoms with Gasteiger partial charge in [0.25, 0.3) is 0 Å². The molecule has 0 aliphatic carbocycles. The fourth-order valence-electron chi connectivity index (χ4n) is 2.47. The van der Waals surface area contributed by atoms with E-state index < -0.39 is 11.8 Å². The van der Waals surface area contributed by atoms with Gasteiger partial charge in [-0.2, -0.15) is 4.33 Å². The highest BCUT2D eigenvalue weighted by Gasteiger charge is 2.27. The number of benzene rings is 2. The number of cyclic esters (lactones) is 1. The Kier molecular flexibility index (Phi) is 4.99. The summed E-state index contributed by atoms with van der Waals surface area (Å²) in [7, 11) is 1.35. The maximum Gasteiger partial charge on any atom is 0.339 e. The van der Waals surface area contributed by atoms with Gasteiger partial charge in [-0.1, -0.05) is 35.9 Å². The molecule has 0 aromatic heterocycles. The van der Waals surface area contributed by atoms with E-state index in [1.54, 1.807) is 12.1 Å². The fraction of sp³-hybridized carbons (Fsp3) is 0.167. The molecule has 124 valence electrons. The topological polar surface area (TPSA) is 44.8 Å². The Bertz CT molecular complexity index is 799. The number of carbonyl (C=O) groups is 1. The summed E-state index contributed by atoms with van der Waals surface area (Å²) in [5, 5.41) is 0. The summed E-state index contributed by atoms with van der Waals surface area (Å²) in [4.78, 5) is 16.9. The van der Waals surface area contributed by atoms with Gasteiger partial charge in [-0.05, 0) is 30.2 Å². The number of halogens is 1. The second-order valence-electron chi connectivity index (χ2n) is 5.26. The van der Waals surface area contributed by atoms with E-state index in [0.29, 0.717) is 21.6 Å². The fourth-order valence-corrected chi connectivity index (χ4v) is 2.88. The van der Waals surface area contributed by atoms with E-state index in [0.717, 1.165) is 23.2 Å². The van der Waals surface area contributed by atoms with Crippen molar-refractivity contribution in [3.05, 3.63) is 65.0 Å². The zero-order chi connectivity index (χ0) is 17.1. The lowest BCUT2D eigenvalue weighted by Gasteiger charge is -2.07. The molecular formula is C18H15FO4S. The molecule has 24 heavy (non-hydrogen) atoms. The molecule has 1 heterocycles. The van der Waals surface area contributed by atoms with E-state index in [-0.39, 0.29) is 6.61 Å². The lowest BCUT2D eigenvalue weighted by molar-refractivity contribution is -0.160. The molecule has 3 rings (SSSR count). The molecule has 0 fully saturated rings. The van der Waals surface area contributed by atoms with E-state index in [1.165, 1.54) is 13.2 Å². The van der Waals surface area contributed by atoms with Crippen LogP contribution < -0.4 is 0 Å². The van der Waals surface area contributed by atoms with Crippen molar-refractivity contribution < 1.29 is 23.1 Å². The molecule has 0 spiro atoms. The molecule has 0 saturated carbocycles. The number of hydrogen-bond acceptors (Lipinski definition) is 5. The largest absolute Gasteiger partial charge is 0.457 e. The Labute approximate surface area is 143 Å². The van der Waals surface area contributed by atoms with E-state index in [1.807, 2.05) is 31.2 Å². The van der Waals surface area contributed by atoms with Gasteiger partial charge in [0.05, 0.1) is 29.6 Å². The first-order chi connectivity index (χ1) is 11.6. The van der Waals surface area contributed by atoms with Gasteiger partial charge in [-0.15, -0.1) is 0 Å². The molecule has 6 heteroatoms. The number of hydrogen-bond donors (Lipinski definition) is 0. The summed E-state index contributed by atoms with van der Waals surface area (Å²) in [6, 6.07) is 12.3. The minimum absolute atomic E-state index is 0.128. The minimum Gasteiger partial charge on any atom is -0.457 e. The number of rotatable bonds is 5. The third-order valence-electron chi connectivity index (χ3n) is 3.67. The van der Waals surface area contributed by atoms with E-state index in [9.17, 15) is 9.18 Å². The quantitative estimate of drug-likeness (QED) is 0.352. The zero-order valence-electron chi connectivity index (χ0n) is 13.2. The molecule has 2 aromatic rings. The van der Waals surface area contributed by atoms with Gasteiger partial charge in [0.2, 0.25) is 0 Å². The first-order valence-corrected chi connectivity index (χ1v) is 7.99. The summed E-state index contributed by atoms with van der Waals surface area (Å²) < 4.78 is 24.0. The van der Waals surface area contributed by atoms with Crippen LogP contribution in [0.1, 0.15) is 16.7 Å². The Morgan fingerprint density at radius 3 is 2.50 bits per heavy atom. The normalized spacial score (nSPS) is 14.2. The average molecular weight is 346 g/mol. The molecule has 0 amide bonds. The van der Waals surface area contributed by atoms with Crippen molar-refractivity contribution in [1.82, 2.24) is 0 Å². The Morgan fingerprint density at radius 1 is 1.12 bits per heavy atom. The van der Waals surface area contributed by atoms with Crippen molar-refractivity contribution in [1.29, 1.82) is 0 Å². The number of ether oxygens (including phenoxy) is 1. The van der Waals surface area contributed by atoms with Gasteiger partial charge in [0.15, 0.2) is 0 Å². The van der Waals surface area contributed by atoms with Crippen LogP contribution >= 0.6 is 12.0 Å². The standard InChI is InChI=1S/C18H15FO4S/c1-11-3-5-12(6-4-11)17-14(10-22-18(17)20)13-7-8-16(15(19)9-13)24-23-21-2/h3-9H,10H2,1-2H3. The number of carbonyl (C=O) groups excluding carboxylic acids is 1. The Morgan fingerprint density at radius 2 is 1.83 bits per heavy atom. The molecule has 1 aliphatic heterocycles. The van der Waals surface area contributed by atoms with Gasteiger partial charge < -0.3 is 4.74 Å². The predicted molar refractivity (Wildman–Crippen MR) is 89.3 cm³/mol. The van der Waals surface area contributed by atoms with E-state index in [4.69, 9.17) is 4.74 Å². The van der Waals surface area contributed by atoms with Crippen LogP contribution in [-0.2, 0) is 18.8 Å². The third-order valence-corrected chi connectivity index (χ3v) is 4.38. The van der Waals surface area contributed by atoms with Crippen molar-refractivity contribution >= 4 is 29.2 Å². The van der Waals surface area contributed by atoms with Crippen molar-refractivity contribution in [3.63, 3.8) is 0 Å². The second-order valence-corrected chi connectivity index (χ2v) is 6.00. The predicted octanol–water partition coefficient (Wildman–Crippen LogP) is 4.19. The minimum atomic E-state index is -0.454. The maximum atomic E-state index is 14.2. The van der Waals surface area contributed by atoms with Crippen LogP contribution in [0.4, 0.5) is 4.39 Å². The van der Waals surface area contributed by atoms with Crippen LogP contribution in [0, 0.1) is 12.7 Å². The van der Waals surface area contributed by atoms with E-state index in [2.05, 4.69) is 9.22 Å². The monoisotopic (exact) mass is 346 g/mol. The van der Waals surface area contributed by atoms with Gasteiger partial charge in [0.1, 0.15) is 12.4 Å². The molecule has 0 radical (unpaired) electrons. The maximum absolute atomic E-state index is 14.2. The summed E-state index contributed by atoms with van der Waals surface area (Å²) in [5.41, 5.74) is 3.61. The molecule has 0 atom stereocenters. The Hall–Kier alpha value is -2.15. The van der Waals surface area contributed by atoms with Crippen LogP contribution in [0.25, 0.3) is 11.1 Å². The van der Waals surface area contributed by atoms with Crippen molar-refractivity contribution in [2.75, 3.05) is 13.7 Å². The Balaban J connectivity index is 2.01. The first-order valence-electron chi connectivity index (χ1n) is 7.24. The molecule has 0 saturated heterocycles. The highest BCUT2D eigenvalue weighted by Crippen LogP contribution is 2.34. The zero-order valence-corrected chi connectivity index (χ0v) is 14.0. The van der Waals surface area contributed by atoms with Gasteiger partial charge in [-0.25, -0.2) is 14.1 Å². The summed E-state index contributed by atoms with van der Waals surface area (Å²) in [5.74, 6) is -0.847. The SMILES string of the molecule is COOSc1ccc(C2=C(c3ccc(C)cc3)C(=O)OC2)cc1F. The molecule has 4 nitrogen and oxygen atoms in total. The van der Waals surface area contributed by atoms with Gasteiger partial charge in [0, 0.05) is 5.57 Å². The number of aryl methyl sites for hydroxylation is 1. The van der Waals surface area contributed by atoms with Crippen LogP contribution in [0.15, 0.2) is 47.4 Å². The molecule has 0 bridgehead atoms. The van der Waals surface area contributed by atoms with E-state index >= 15 is 0 Å². The van der Waals surface area contributed by atoms with Crippen LogP contribution in [0.2, 0.25) is 0 Å². The molecule has 0 N–H and O–H groups in total. The first kappa shape index (κ1) is 16.7. The highest BCUT2D eigenvalue weighted by molar-refractivity contribution is 7.94. The average Bonchev–Trinajstić information content (AvgIpc) is 2.96. The third kappa shape index (κ3) is 3.36. The smallest absolute Gasteiger partial charge is 0.339 e. The van der Waals surface area contributed by atoms with Crippen molar-refractivity contribution in [2.45, 2.75) is 11.8 Å². The molecule has 2 aromatic carbocycles. The summed E-state index contributed by atoms with van der Waals surface area (Å²) in [6.45, 7) is 2.10. The molecule has 0 unspecified atom stereocenters. The lowest BCUT2D eigenvalue weighted by Crippen LogP contribution is -1.98. The highest BCUT2D eigenvalue weighted by atomic mass is 32.2. The molecular weight excluding hydrogens is 331 g/mol. The summed E-state index contributed by atoms with van der Waals surface area (Å²) in [6.07, 6.45) is 0. The van der Waals surface area contributed by atoms with Crippen LogP contribution in [-0.4, -0.2) is 19.7 Å². The van der Waals surface area contributed by atoms with Crippen molar-refractivity contribution in [2.24, 2.45) is 0 Å².